The molecule has 2 aliphatic heterocycles. The molecule has 0 unspecified atom stereocenters. The van der Waals surface area contributed by atoms with Gasteiger partial charge in [0.2, 0.25) is 11.8 Å². The molecule has 0 radical (unpaired) electrons. The van der Waals surface area contributed by atoms with Gasteiger partial charge in [-0.05, 0) is 199 Å². The van der Waals surface area contributed by atoms with Gasteiger partial charge in [-0.15, -0.1) is 0 Å². The Morgan fingerprint density at radius 2 is 0.868 bits per heavy atom. The summed E-state index contributed by atoms with van der Waals surface area (Å²) in [7, 11) is 0. The molecule has 8 amide bonds. The van der Waals surface area contributed by atoms with Crippen LogP contribution in [0.15, 0.2) is 146 Å². The van der Waals surface area contributed by atoms with E-state index >= 15 is 0 Å². The molecule has 592 valence electrons. The maximum Gasteiger partial charge on any atom is 0.323 e. The summed E-state index contributed by atoms with van der Waals surface area (Å²) in [6.07, 6.45) is 11.0. The molecule has 6 aromatic carbocycles. The van der Waals surface area contributed by atoms with Crippen molar-refractivity contribution < 1.29 is 47.9 Å². The summed E-state index contributed by atoms with van der Waals surface area (Å²) < 4.78 is 2.68. The maximum atomic E-state index is 13.2. The molecule has 6 heterocycles. The number of nitrogens with zero attached hydrogens (tertiary/aromatic N) is 6. The summed E-state index contributed by atoms with van der Waals surface area (Å²) in [5.74, 6) is -1.15. The number of likely N-dealkylation sites (N-methyl/N-ethyl adjacent to an activating group) is 2. The van der Waals surface area contributed by atoms with Gasteiger partial charge in [0.05, 0.1) is 45.7 Å². The second kappa shape index (κ2) is 39.0. The Morgan fingerprint density at radius 1 is 0.447 bits per heavy atom. The van der Waals surface area contributed by atoms with E-state index in [-0.39, 0.29) is 78.7 Å². The van der Waals surface area contributed by atoms with Gasteiger partial charge in [0, 0.05) is 144 Å². The monoisotopic (exact) mass is 1540 g/mol. The van der Waals surface area contributed by atoms with E-state index in [4.69, 9.17) is 0 Å². The van der Waals surface area contributed by atoms with Crippen molar-refractivity contribution in [3.63, 3.8) is 0 Å². The van der Waals surface area contributed by atoms with Gasteiger partial charge in [0.15, 0.2) is 0 Å². The van der Waals surface area contributed by atoms with Crippen molar-refractivity contribution in [2.75, 3.05) is 85.5 Å². The molecule has 0 aliphatic carbocycles. The van der Waals surface area contributed by atoms with Crippen LogP contribution in [0.3, 0.4) is 0 Å². The molecular weight excluding hydrogens is 1440 g/mol. The minimum absolute atomic E-state index is 0.0294. The first-order valence-corrected chi connectivity index (χ1v) is 39.1. The van der Waals surface area contributed by atoms with Gasteiger partial charge in [-0.2, -0.15) is 10.2 Å². The van der Waals surface area contributed by atoms with Gasteiger partial charge in [-0.3, -0.25) is 38.4 Å². The third kappa shape index (κ3) is 21.1. The zero-order valence-corrected chi connectivity index (χ0v) is 65.9. The standard InChI is InChI=1S/C45H52N8O5.C43H48N8O5/c1-5-52(6-2)23-22-46-44(57)42-29(3)39(49-30(42)4)27-37-36-25-32(16-19-38(36)51-43(37)56)24-35(54)14-10-11-15-41(55)53-40-26-34(18-17-33(40)28-48-53)50-45(58)47-21-20-31-12-8-7-9-13-31;1-5-50(6-2)21-20-44-42(55)40-27(3)37(46-28(40)4)25-35-34-23-29(16-19-36(34)49-41(35)54)22-33(52)14-10-11-15-39(53)51-38-24-32(18-17-30(38)26-45-51)48-43(56)47-31-12-8-7-9-13-31/h7-9,12-13,16-19,25-28,49H,5-6,10-11,14-15,20-24H2,1-4H3,(H,46,57)(H,51,56)(H2,47,50,58);7-9,12-13,16-19,23-26,46H,5-6,10-11,14-15,20-22H2,1-4H3,(H,44,55)(H,49,54)(H2,47,48,56)/b37-27-;35-25-. The first-order valence-electron chi connectivity index (χ1n) is 39.1. The Morgan fingerprint density at radius 3 is 1.32 bits per heavy atom. The Bertz CT molecular complexity index is 5290. The highest BCUT2D eigenvalue weighted by molar-refractivity contribution is 6.36. The summed E-state index contributed by atoms with van der Waals surface area (Å²) >= 11 is 0. The number of para-hydroxylation sites is 1. The third-order valence-electron chi connectivity index (χ3n) is 20.6. The Kier molecular flexibility index (Phi) is 28.1. The molecule has 26 heteroatoms. The first-order chi connectivity index (χ1) is 55.1. The van der Waals surface area contributed by atoms with Crippen molar-refractivity contribution in [1.29, 1.82) is 0 Å². The van der Waals surface area contributed by atoms with E-state index in [0.29, 0.717) is 149 Å². The van der Waals surface area contributed by atoms with Gasteiger partial charge in [0.1, 0.15) is 11.6 Å². The average Bonchev–Trinajstić information content (AvgIpc) is 1.63. The van der Waals surface area contributed by atoms with Crippen molar-refractivity contribution in [2.45, 2.75) is 126 Å². The van der Waals surface area contributed by atoms with Crippen LogP contribution in [0.2, 0.25) is 0 Å². The summed E-state index contributed by atoms with van der Waals surface area (Å²) in [5, 5.41) is 33.2. The highest BCUT2D eigenvalue weighted by atomic mass is 16.2. The van der Waals surface area contributed by atoms with Crippen LogP contribution in [0.1, 0.15) is 171 Å². The number of benzene rings is 6. The predicted octanol–water partition coefficient (Wildman–Crippen LogP) is 14.1. The number of H-pyrrole nitrogens is 2. The number of rotatable bonds is 34. The van der Waals surface area contributed by atoms with Gasteiger partial charge in [-0.1, -0.05) is 88.4 Å². The number of amides is 8. The van der Waals surface area contributed by atoms with E-state index in [1.807, 2.05) is 119 Å². The lowest BCUT2D eigenvalue weighted by molar-refractivity contribution is -0.119. The molecule has 12 rings (SSSR count). The topological polar surface area (TPSA) is 341 Å². The molecule has 0 spiro atoms. The first kappa shape index (κ1) is 82.3. The lowest BCUT2D eigenvalue weighted by Crippen LogP contribution is -2.35. The number of aromatic amines is 2. The Hall–Kier alpha value is -12.7. The van der Waals surface area contributed by atoms with E-state index in [2.05, 4.69) is 100 Å². The third-order valence-corrected chi connectivity index (χ3v) is 20.6. The number of nitrogens with one attached hydrogen (secondary N) is 10. The van der Waals surface area contributed by atoms with Crippen molar-refractivity contribution in [2.24, 2.45) is 0 Å². The average molecular weight is 1540 g/mol. The molecule has 0 saturated heterocycles. The quantitative estimate of drug-likeness (QED) is 0.0132. The number of carbonyl (C=O) groups excluding carboxylic acids is 10. The molecule has 2 aliphatic rings. The van der Waals surface area contributed by atoms with E-state index in [1.54, 1.807) is 67.0 Å². The zero-order valence-electron chi connectivity index (χ0n) is 65.9. The van der Waals surface area contributed by atoms with Crippen molar-refractivity contribution in [1.82, 2.24) is 55.3 Å². The van der Waals surface area contributed by atoms with Crippen LogP contribution in [-0.4, -0.2) is 157 Å². The van der Waals surface area contributed by atoms with Crippen molar-refractivity contribution >= 4 is 133 Å². The van der Waals surface area contributed by atoms with Crippen LogP contribution in [0.4, 0.5) is 38.0 Å². The second-order valence-electron chi connectivity index (χ2n) is 28.5. The maximum absolute atomic E-state index is 13.2. The van der Waals surface area contributed by atoms with Crippen LogP contribution in [-0.2, 0) is 38.4 Å². The van der Waals surface area contributed by atoms with Crippen LogP contribution in [0, 0.1) is 27.7 Å². The molecule has 114 heavy (non-hydrogen) atoms. The molecule has 0 saturated carbocycles. The Balaban J connectivity index is 0.000000225. The normalized spacial score (nSPS) is 12.9. The van der Waals surface area contributed by atoms with E-state index in [9.17, 15) is 47.9 Å². The molecule has 0 atom stereocenters. The minimum Gasteiger partial charge on any atom is -0.358 e. The molecular formula is C88H100N16O10. The van der Waals surface area contributed by atoms with E-state index in [0.717, 1.165) is 89.2 Å². The van der Waals surface area contributed by atoms with Gasteiger partial charge in [-0.25, -0.2) is 19.0 Å². The second-order valence-corrected chi connectivity index (χ2v) is 28.5. The van der Waals surface area contributed by atoms with Crippen molar-refractivity contribution in [3.8, 4) is 0 Å². The predicted molar refractivity (Wildman–Crippen MR) is 448 cm³/mol. The fourth-order valence-corrected chi connectivity index (χ4v) is 14.3. The van der Waals surface area contributed by atoms with E-state index < -0.39 is 6.03 Å². The number of carbonyl (C=O) groups is 10. The molecule has 26 nitrogen and oxygen atoms in total. The number of anilines is 5. The lowest BCUT2D eigenvalue weighted by Gasteiger charge is -2.18. The van der Waals surface area contributed by atoms with Crippen LogP contribution in [0.25, 0.3) is 45.1 Å². The number of hydrogen-bond donors (Lipinski definition) is 10. The number of ketones is 2. The lowest BCUT2D eigenvalue weighted by atomic mass is 9.98. The number of urea groups is 2. The number of Topliss-reactive ketones (excluding diaryl/α,β-unsaturated/α-hetero) is 2. The summed E-state index contributed by atoms with van der Waals surface area (Å²) in [6, 6.07) is 39.8. The number of fused-ring (bicyclic) bond motifs is 4. The van der Waals surface area contributed by atoms with Gasteiger partial charge >= 0.3 is 12.1 Å². The SMILES string of the molecule is CCN(CC)CCNC(=O)c1c(C)[nH]c(/C=C2\C(=O)Nc3ccc(CC(=O)CCCCC(=O)n4ncc5ccc(NC(=O)NCCc6ccccc6)cc54)cc32)c1C.CCN(CC)CCNC(=O)c1c(C)[nH]c(/C=C2\C(=O)Nc3ccc(CC(=O)CCCCC(=O)n4ncc5ccc(NC(=O)Nc6ccccc6)cc54)cc32)c1C. The van der Waals surface area contributed by atoms with Gasteiger partial charge in [0.25, 0.3) is 23.6 Å². The van der Waals surface area contributed by atoms with E-state index in [1.165, 1.54) is 9.36 Å². The summed E-state index contributed by atoms with van der Waals surface area (Å²) in [5.41, 5.74) is 14.7. The summed E-state index contributed by atoms with van der Waals surface area (Å²) in [4.78, 5) is 141. The highest BCUT2D eigenvalue weighted by Crippen LogP contribution is 2.37. The number of aromatic nitrogens is 6. The van der Waals surface area contributed by atoms with Gasteiger partial charge < -0.3 is 62.3 Å². The zero-order chi connectivity index (χ0) is 81.0. The number of hydrogen-bond acceptors (Lipinski definition) is 14. The number of aryl methyl sites for hydroxylation is 2. The smallest absolute Gasteiger partial charge is 0.323 e. The van der Waals surface area contributed by atoms with Crippen LogP contribution in [0.5, 0.6) is 0 Å². The van der Waals surface area contributed by atoms with Crippen LogP contribution >= 0.6 is 0 Å². The molecule has 0 bridgehead atoms. The fraction of sp³-hybridized carbons (Fsp3) is 0.318. The fourth-order valence-electron chi connectivity index (χ4n) is 14.3. The molecule has 10 aromatic rings. The summed E-state index contributed by atoms with van der Waals surface area (Å²) in [6.45, 7) is 22.6. The van der Waals surface area contributed by atoms with Crippen LogP contribution < -0.4 is 42.5 Å². The molecule has 0 fully saturated rings. The minimum atomic E-state index is -0.404. The largest absolute Gasteiger partial charge is 0.358 e. The Labute approximate surface area is 662 Å². The van der Waals surface area contributed by atoms with Crippen molar-refractivity contribution in [3.05, 3.63) is 219 Å². The highest BCUT2D eigenvalue weighted by Gasteiger charge is 2.29. The molecule has 10 N–H and O–H groups in total. The molecule has 4 aromatic heterocycles. The number of unbranched alkanes of at least 4 members (excludes halogenated alkanes) is 2.